The summed E-state index contributed by atoms with van der Waals surface area (Å²) in [5, 5.41) is 3.56. The summed E-state index contributed by atoms with van der Waals surface area (Å²) in [5.74, 6) is 0. The maximum absolute atomic E-state index is 3.56. The number of unbranched alkanes of at least 4 members (excludes halogenated alkanes) is 2. The van der Waals surface area contributed by atoms with Gasteiger partial charge in [-0.2, -0.15) is 0 Å². The molecule has 0 spiro atoms. The maximum atomic E-state index is 3.56. The van der Waals surface area contributed by atoms with Crippen LogP contribution < -0.4 is 5.32 Å². The summed E-state index contributed by atoms with van der Waals surface area (Å²) in [6, 6.07) is 17.7. The van der Waals surface area contributed by atoms with Crippen molar-refractivity contribution >= 4 is 21.6 Å². The summed E-state index contributed by atoms with van der Waals surface area (Å²) in [7, 11) is 0. The first-order valence-corrected chi connectivity index (χ1v) is 8.59. The summed E-state index contributed by atoms with van der Waals surface area (Å²) in [6.07, 6.45) is 5.08. The van der Waals surface area contributed by atoms with Crippen molar-refractivity contribution < 1.29 is 0 Å². The van der Waals surface area contributed by atoms with Crippen molar-refractivity contribution in [2.75, 3.05) is 5.32 Å². The molecule has 0 saturated heterocycles. The van der Waals surface area contributed by atoms with E-state index in [1.54, 1.807) is 0 Å². The Balaban J connectivity index is 1.91. The number of aryl methyl sites for hydroxylation is 1. The number of nitrogens with one attached hydrogen (secondary N) is 1. The zero-order valence-corrected chi connectivity index (χ0v) is 14.5. The molecule has 112 valence electrons. The maximum Gasteiger partial charge on any atom is 0.0485 e. The molecule has 1 N–H and O–H groups in total. The standard InChI is InChI=1S/C19H24BrN/c1-3-4-5-6-16-7-13-19(14-8-16)21-15(2)17-9-11-18(20)12-10-17/h7-15,21H,3-6H2,1-2H3. The fourth-order valence-electron chi connectivity index (χ4n) is 2.43. The fourth-order valence-corrected chi connectivity index (χ4v) is 2.70. The van der Waals surface area contributed by atoms with Gasteiger partial charge in [-0.3, -0.25) is 0 Å². The summed E-state index contributed by atoms with van der Waals surface area (Å²) in [4.78, 5) is 0. The SMILES string of the molecule is CCCCCc1ccc(NC(C)c2ccc(Br)cc2)cc1. The lowest BCUT2D eigenvalue weighted by molar-refractivity contribution is 0.717. The van der Waals surface area contributed by atoms with Gasteiger partial charge in [-0.25, -0.2) is 0 Å². The van der Waals surface area contributed by atoms with E-state index < -0.39 is 0 Å². The van der Waals surface area contributed by atoms with E-state index in [4.69, 9.17) is 0 Å². The second-order valence-corrected chi connectivity index (χ2v) is 6.49. The van der Waals surface area contributed by atoms with Crippen molar-refractivity contribution in [2.45, 2.75) is 45.6 Å². The first-order chi connectivity index (χ1) is 10.2. The average Bonchev–Trinajstić information content (AvgIpc) is 2.50. The van der Waals surface area contributed by atoms with Crippen LogP contribution in [0.25, 0.3) is 0 Å². The minimum absolute atomic E-state index is 0.309. The molecule has 2 aromatic carbocycles. The number of rotatable bonds is 7. The lowest BCUT2D eigenvalue weighted by atomic mass is 10.1. The highest BCUT2D eigenvalue weighted by molar-refractivity contribution is 9.10. The molecular formula is C19H24BrN. The molecule has 0 radical (unpaired) electrons. The van der Waals surface area contributed by atoms with Crippen LogP contribution in [0, 0.1) is 0 Å². The van der Waals surface area contributed by atoms with Crippen molar-refractivity contribution in [3.8, 4) is 0 Å². The molecule has 0 amide bonds. The molecule has 0 aliphatic heterocycles. The minimum atomic E-state index is 0.309. The Hall–Kier alpha value is -1.28. The number of benzene rings is 2. The second-order valence-electron chi connectivity index (χ2n) is 5.57. The van der Waals surface area contributed by atoms with Gasteiger partial charge in [0.1, 0.15) is 0 Å². The van der Waals surface area contributed by atoms with Crippen LogP contribution in [0.15, 0.2) is 53.0 Å². The summed E-state index contributed by atoms with van der Waals surface area (Å²) in [6.45, 7) is 4.44. The van der Waals surface area contributed by atoms with Crippen LogP contribution in [-0.4, -0.2) is 0 Å². The average molecular weight is 346 g/mol. The largest absolute Gasteiger partial charge is 0.379 e. The van der Waals surface area contributed by atoms with Crippen molar-refractivity contribution in [1.82, 2.24) is 0 Å². The normalized spacial score (nSPS) is 12.1. The molecule has 0 fully saturated rings. The molecule has 0 aliphatic carbocycles. The van der Waals surface area contributed by atoms with Crippen LogP contribution in [0.5, 0.6) is 0 Å². The fraction of sp³-hybridized carbons (Fsp3) is 0.368. The molecule has 0 saturated carbocycles. The minimum Gasteiger partial charge on any atom is -0.379 e. The molecule has 0 aliphatic rings. The molecule has 0 aromatic heterocycles. The van der Waals surface area contributed by atoms with E-state index in [1.165, 1.54) is 42.5 Å². The Morgan fingerprint density at radius 3 is 2.24 bits per heavy atom. The number of halogens is 1. The molecular weight excluding hydrogens is 322 g/mol. The van der Waals surface area contributed by atoms with Crippen LogP contribution in [0.1, 0.15) is 50.3 Å². The van der Waals surface area contributed by atoms with Crippen LogP contribution in [0.2, 0.25) is 0 Å². The van der Waals surface area contributed by atoms with Gasteiger partial charge in [0, 0.05) is 16.2 Å². The van der Waals surface area contributed by atoms with Gasteiger partial charge in [-0.05, 0) is 55.2 Å². The van der Waals surface area contributed by atoms with E-state index in [9.17, 15) is 0 Å². The molecule has 1 atom stereocenters. The highest BCUT2D eigenvalue weighted by atomic mass is 79.9. The zero-order chi connectivity index (χ0) is 15.1. The van der Waals surface area contributed by atoms with Crippen molar-refractivity contribution in [3.05, 3.63) is 64.1 Å². The van der Waals surface area contributed by atoms with Crippen LogP contribution in [-0.2, 0) is 6.42 Å². The molecule has 0 heterocycles. The van der Waals surface area contributed by atoms with E-state index in [2.05, 4.69) is 83.6 Å². The Bertz CT molecular complexity index is 530. The predicted molar refractivity (Wildman–Crippen MR) is 95.9 cm³/mol. The van der Waals surface area contributed by atoms with Gasteiger partial charge in [-0.1, -0.05) is 60.0 Å². The highest BCUT2D eigenvalue weighted by Gasteiger charge is 2.05. The van der Waals surface area contributed by atoms with E-state index in [0.717, 1.165) is 4.47 Å². The first kappa shape index (κ1) is 16.1. The molecule has 2 aromatic rings. The van der Waals surface area contributed by atoms with Gasteiger partial charge >= 0.3 is 0 Å². The van der Waals surface area contributed by atoms with Gasteiger partial charge in [0.05, 0.1) is 0 Å². The molecule has 2 rings (SSSR count). The predicted octanol–water partition coefficient (Wildman–Crippen LogP) is 6.35. The second kappa shape index (κ2) is 8.23. The molecule has 2 heteroatoms. The Labute approximate surface area is 136 Å². The number of hydrogen-bond donors (Lipinski definition) is 1. The van der Waals surface area contributed by atoms with Gasteiger partial charge in [0.15, 0.2) is 0 Å². The Morgan fingerprint density at radius 2 is 1.62 bits per heavy atom. The quantitative estimate of drug-likeness (QED) is 0.576. The molecule has 1 unspecified atom stereocenters. The zero-order valence-electron chi connectivity index (χ0n) is 12.9. The third-order valence-corrected chi connectivity index (χ3v) is 4.30. The Kier molecular flexibility index (Phi) is 6.31. The van der Waals surface area contributed by atoms with Gasteiger partial charge in [0.25, 0.3) is 0 Å². The van der Waals surface area contributed by atoms with Crippen molar-refractivity contribution in [2.24, 2.45) is 0 Å². The summed E-state index contributed by atoms with van der Waals surface area (Å²) >= 11 is 3.47. The van der Waals surface area contributed by atoms with Gasteiger partial charge in [0.2, 0.25) is 0 Å². The number of anilines is 1. The molecule has 1 nitrogen and oxygen atoms in total. The molecule has 21 heavy (non-hydrogen) atoms. The van der Waals surface area contributed by atoms with E-state index in [1.807, 2.05) is 0 Å². The van der Waals surface area contributed by atoms with Crippen LogP contribution >= 0.6 is 15.9 Å². The van der Waals surface area contributed by atoms with Crippen molar-refractivity contribution in [3.63, 3.8) is 0 Å². The number of hydrogen-bond acceptors (Lipinski definition) is 1. The van der Waals surface area contributed by atoms with E-state index >= 15 is 0 Å². The van der Waals surface area contributed by atoms with E-state index in [-0.39, 0.29) is 0 Å². The first-order valence-electron chi connectivity index (χ1n) is 7.80. The van der Waals surface area contributed by atoms with E-state index in [0.29, 0.717) is 6.04 Å². The lowest BCUT2D eigenvalue weighted by Crippen LogP contribution is -2.06. The third kappa shape index (κ3) is 5.20. The van der Waals surface area contributed by atoms with Gasteiger partial charge in [-0.15, -0.1) is 0 Å². The van der Waals surface area contributed by atoms with Crippen LogP contribution in [0.3, 0.4) is 0 Å². The lowest BCUT2D eigenvalue weighted by Gasteiger charge is -2.16. The van der Waals surface area contributed by atoms with Crippen LogP contribution in [0.4, 0.5) is 5.69 Å². The smallest absolute Gasteiger partial charge is 0.0485 e. The summed E-state index contributed by atoms with van der Waals surface area (Å²) < 4.78 is 1.12. The van der Waals surface area contributed by atoms with Crippen molar-refractivity contribution in [1.29, 1.82) is 0 Å². The van der Waals surface area contributed by atoms with Gasteiger partial charge < -0.3 is 5.32 Å². The third-order valence-electron chi connectivity index (χ3n) is 3.78. The molecule has 0 bridgehead atoms. The highest BCUT2D eigenvalue weighted by Crippen LogP contribution is 2.21. The Morgan fingerprint density at radius 1 is 0.952 bits per heavy atom. The monoisotopic (exact) mass is 345 g/mol. The summed E-state index contributed by atoms with van der Waals surface area (Å²) in [5.41, 5.74) is 3.92. The topological polar surface area (TPSA) is 12.0 Å².